The fraction of sp³-hybridized carbons (Fsp3) is 0.556. The monoisotopic (exact) mass is 576 g/mol. The first-order valence-corrected chi connectivity index (χ1v) is 8.98. The molecule has 1 amide bonds. The molecule has 1 rings (SSSR count). The molecule has 0 aromatic carbocycles. The summed E-state index contributed by atoms with van der Waals surface area (Å²) in [6.45, 7) is 4.92. The van der Waals surface area contributed by atoms with Gasteiger partial charge in [-0.3, -0.25) is 20.0 Å². The van der Waals surface area contributed by atoms with Crippen LogP contribution in [0.2, 0.25) is 0 Å². The first kappa shape index (κ1) is 56.5. The molecule has 13 nitrogen and oxygen atoms in total. The first-order valence-electron chi connectivity index (χ1n) is 8.98. The van der Waals surface area contributed by atoms with Crippen molar-refractivity contribution < 1.29 is 159 Å². The summed E-state index contributed by atoms with van der Waals surface area (Å²) in [5.74, 6) is -0.272. The van der Waals surface area contributed by atoms with Gasteiger partial charge in [-0.1, -0.05) is 34.1 Å². The second-order valence-electron chi connectivity index (χ2n) is 5.32. The van der Waals surface area contributed by atoms with Crippen molar-refractivity contribution in [3.8, 4) is 12.1 Å². The maximum absolute atomic E-state index is 10.9. The van der Waals surface area contributed by atoms with E-state index in [1.807, 2.05) is 6.92 Å². The molecule has 0 saturated carbocycles. The van der Waals surface area contributed by atoms with Crippen LogP contribution in [0.3, 0.4) is 0 Å². The molecule has 1 heterocycles. The molecule has 18 heteroatoms. The number of carbonyl (C=O) groups excluding carboxylic acids is 2. The summed E-state index contributed by atoms with van der Waals surface area (Å²) in [5.41, 5.74) is 5.06. The number of H-pyrrole nitrogens is 1. The molecule has 0 bridgehead atoms. The van der Waals surface area contributed by atoms with Gasteiger partial charge in [-0.15, -0.1) is 0 Å². The van der Waals surface area contributed by atoms with Gasteiger partial charge in [0, 0.05) is 6.07 Å². The van der Waals surface area contributed by atoms with Crippen LogP contribution in [0.4, 0.5) is 5.82 Å². The van der Waals surface area contributed by atoms with Gasteiger partial charge in [0.15, 0.2) is 0 Å². The maximum atomic E-state index is 10.9. The zero-order chi connectivity index (χ0) is 23.2. The second-order valence-corrected chi connectivity index (χ2v) is 5.32. The van der Waals surface area contributed by atoms with Crippen molar-refractivity contribution in [1.29, 1.82) is 5.26 Å². The number of aromatic amines is 1. The van der Waals surface area contributed by atoms with Crippen molar-refractivity contribution in [3.05, 3.63) is 16.4 Å². The number of nitrogens with two attached hydrogens (primary N) is 2. The molecule has 36 heavy (non-hydrogen) atoms. The van der Waals surface area contributed by atoms with E-state index in [1.54, 1.807) is 6.07 Å². The van der Waals surface area contributed by atoms with E-state index in [9.17, 15) is 9.59 Å². The van der Waals surface area contributed by atoms with Crippen molar-refractivity contribution in [2.45, 2.75) is 53.4 Å². The zero-order valence-electron chi connectivity index (χ0n) is 22.0. The number of nitrogens with one attached hydrogen (secondary N) is 2. The van der Waals surface area contributed by atoms with Gasteiger partial charge in [0.05, 0.1) is 19.3 Å². The smallest absolute Gasteiger partial charge is 1.00 e. The minimum absolute atomic E-state index is 0. The van der Waals surface area contributed by atoms with Crippen molar-refractivity contribution >= 4 is 32.6 Å². The Balaban J connectivity index is -0.0000000453. The number of carbonyl (C=O) groups is 2. The minimum Gasteiger partial charge on any atom is -1.00 e. The van der Waals surface area contributed by atoms with Crippen LogP contribution >= 0.6 is 0 Å². The van der Waals surface area contributed by atoms with E-state index < -0.39 is 5.91 Å². The molecule has 0 fully saturated rings. The third kappa shape index (κ3) is 41.5. The number of nitrogens with zero attached hydrogens (tertiary/aromatic N) is 2. The number of anilines is 1. The van der Waals surface area contributed by atoms with E-state index in [0.29, 0.717) is 13.2 Å². The molecule has 0 aliphatic carbocycles. The molecule has 0 saturated heterocycles. The molecular formula is C18H33BClKN6Na2O7. The third-order valence-corrected chi connectivity index (χ3v) is 2.77. The Kier molecular flexibility index (Phi) is 66.6. The maximum Gasteiger partial charge on any atom is 1.00 e. The van der Waals surface area contributed by atoms with Crippen molar-refractivity contribution in [2.24, 2.45) is 0 Å². The first-order chi connectivity index (χ1) is 14.3. The minimum atomic E-state index is -0.448. The number of hydrogen-bond donors (Lipinski definition) is 4. The van der Waals surface area contributed by atoms with Crippen LogP contribution in [0.5, 0.6) is 6.01 Å². The Morgan fingerprint density at radius 3 is 2.25 bits per heavy atom. The van der Waals surface area contributed by atoms with Crippen LogP contribution in [0.15, 0.2) is 10.9 Å². The van der Waals surface area contributed by atoms with E-state index in [4.69, 9.17) is 35.9 Å². The average molecular weight is 577 g/mol. The SMILES string of the molecule is C.CCCCOC(=[NH2+])NC(=O)CC#N.CCCCOc1nc(N)cc(=O)[nH]1.O=CO[O-].[B-].[Cl-].[H-].[K+].[Na+].[Na+]. The summed E-state index contributed by atoms with van der Waals surface area (Å²) in [7, 11) is 0. The second kappa shape index (κ2) is 42.4. The molecule has 1 aromatic heterocycles. The van der Waals surface area contributed by atoms with Crippen LogP contribution in [0.1, 0.15) is 54.8 Å². The van der Waals surface area contributed by atoms with Crippen molar-refractivity contribution in [1.82, 2.24) is 15.3 Å². The molecule has 0 aliphatic heterocycles. The summed E-state index contributed by atoms with van der Waals surface area (Å²) in [5, 5.41) is 24.1. The summed E-state index contributed by atoms with van der Waals surface area (Å²) in [4.78, 5) is 39.2. The Labute approximate surface area is 308 Å². The number of amidine groups is 1. The van der Waals surface area contributed by atoms with Crippen LogP contribution < -0.4 is 155 Å². The Bertz CT molecular complexity index is 755. The Morgan fingerprint density at radius 1 is 1.33 bits per heavy atom. The van der Waals surface area contributed by atoms with Gasteiger partial charge in [-0.05, 0) is 12.8 Å². The summed E-state index contributed by atoms with van der Waals surface area (Å²) in [6.07, 6.45) is 3.64. The number of unbranched alkanes of at least 4 members (excludes halogenated alkanes) is 2. The quantitative estimate of drug-likeness (QED) is 0.0414. The van der Waals surface area contributed by atoms with E-state index in [0.717, 1.165) is 25.7 Å². The predicted molar refractivity (Wildman–Crippen MR) is 117 cm³/mol. The average Bonchev–Trinajstić information content (AvgIpc) is 2.68. The van der Waals surface area contributed by atoms with E-state index in [2.05, 4.69) is 27.1 Å². The normalized spacial score (nSPS) is 7.28. The van der Waals surface area contributed by atoms with E-state index in [1.165, 1.54) is 6.07 Å². The summed E-state index contributed by atoms with van der Waals surface area (Å²) < 4.78 is 10.1. The summed E-state index contributed by atoms with van der Waals surface area (Å²) >= 11 is 0. The molecule has 0 unspecified atom stereocenters. The molecule has 6 N–H and O–H groups in total. The standard InChI is InChI=1S/2C8H13N3O2.CH2O3.CH4.B.ClH.K.2Na.H/c1-2-3-4-13-8-10-6(9)5-7(12)11-8;1-2-3-6-13-8(10)11-7(12)4-5-9;2-1-4-3;;;;;;;/h5H,2-4H2,1H3,(H3,9,10,11,12);2-4,6H2,1H3,(H2,10,11,12);1,3H;1H4;;1H;;;;/q;;;;-1;;3*+1;-1/p-1. The van der Waals surface area contributed by atoms with Gasteiger partial charge < -0.3 is 47.6 Å². The van der Waals surface area contributed by atoms with Gasteiger partial charge in [0.2, 0.25) is 0 Å². The summed E-state index contributed by atoms with van der Waals surface area (Å²) in [6, 6.07) is 3.08. The van der Waals surface area contributed by atoms with Gasteiger partial charge in [0.1, 0.15) is 12.2 Å². The van der Waals surface area contributed by atoms with E-state index in [-0.39, 0.29) is 176 Å². The number of nitriles is 1. The Morgan fingerprint density at radius 2 is 1.83 bits per heavy atom. The number of halogens is 1. The number of amides is 1. The topological polar surface area (TPSA) is 218 Å². The van der Waals surface area contributed by atoms with Gasteiger partial charge in [-0.2, -0.15) is 15.6 Å². The molecule has 0 spiro atoms. The van der Waals surface area contributed by atoms with Crippen LogP contribution in [0, 0.1) is 11.3 Å². The largest absolute Gasteiger partial charge is 1.00 e. The van der Waals surface area contributed by atoms with Gasteiger partial charge in [0.25, 0.3) is 18.0 Å². The van der Waals surface area contributed by atoms with Crippen LogP contribution in [-0.4, -0.2) is 50.0 Å². The number of nitrogen functional groups attached to an aromatic ring is 1. The number of hydrogen-bond acceptors (Lipinski definition) is 10. The number of rotatable bonds is 9. The zero-order valence-corrected chi connectivity index (χ0v) is 28.8. The molecule has 0 atom stereocenters. The van der Waals surface area contributed by atoms with Crippen molar-refractivity contribution in [2.75, 3.05) is 18.9 Å². The third-order valence-electron chi connectivity index (χ3n) is 2.77. The fourth-order valence-electron chi connectivity index (χ4n) is 1.45. The Hall–Kier alpha value is 0.331. The van der Waals surface area contributed by atoms with Gasteiger partial charge in [-0.25, -0.2) is 4.79 Å². The van der Waals surface area contributed by atoms with Crippen LogP contribution in [0.25, 0.3) is 0 Å². The molecule has 190 valence electrons. The molecule has 0 aliphatic rings. The van der Waals surface area contributed by atoms with Crippen molar-refractivity contribution in [3.63, 3.8) is 0 Å². The van der Waals surface area contributed by atoms with E-state index >= 15 is 0 Å². The molecular weight excluding hydrogens is 544 g/mol. The van der Waals surface area contributed by atoms with Crippen LogP contribution in [-0.2, 0) is 19.2 Å². The van der Waals surface area contributed by atoms with Gasteiger partial charge >= 0.3 is 122 Å². The molecule has 4 radical (unpaired) electrons. The molecule has 1 aromatic rings. The number of aromatic nitrogens is 2. The predicted octanol–water partition coefficient (Wildman–Crippen LogP) is -13.7. The fourth-order valence-corrected chi connectivity index (χ4v) is 1.45. The number of ether oxygens (including phenoxy) is 2.